The number of rotatable bonds is 10. The lowest BCUT2D eigenvalue weighted by atomic mass is 10.0. The van der Waals surface area contributed by atoms with Crippen LogP contribution in [0.2, 0.25) is 0 Å². The molecule has 0 radical (unpaired) electrons. The Kier molecular flexibility index (Phi) is 7.72. The van der Waals surface area contributed by atoms with Gasteiger partial charge in [0.15, 0.2) is 0 Å². The Morgan fingerprint density at radius 2 is 1.71 bits per heavy atom. The van der Waals surface area contributed by atoms with Gasteiger partial charge < -0.3 is 29.0 Å². The lowest BCUT2D eigenvalue weighted by Gasteiger charge is -2.14. The van der Waals surface area contributed by atoms with Gasteiger partial charge in [0.25, 0.3) is 5.56 Å². The number of carboxylic acid groups (broad SMARTS) is 1. The predicted molar refractivity (Wildman–Crippen MR) is 124 cm³/mol. The van der Waals surface area contributed by atoms with Crippen molar-refractivity contribution in [3.05, 3.63) is 45.7 Å². The molecule has 0 spiro atoms. The molecule has 0 aliphatic rings. The second-order valence-corrected chi connectivity index (χ2v) is 7.54. The molecule has 3 aromatic rings. The van der Waals surface area contributed by atoms with E-state index >= 15 is 0 Å². The minimum Gasteiger partial charge on any atom is -0.497 e. The molecule has 10 nitrogen and oxygen atoms in total. The number of carboxylic acids is 1. The predicted octanol–water partition coefficient (Wildman–Crippen LogP) is 3.01. The fourth-order valence-electron chi connectivity index (χ4n) is 3.52. The second-order valence-electron chi connectivity index (χ2n) is 7.54. The van der Waals surface area contributed by atoms with Crippen molar-refractivity contribution >= 4 is 22.8 Å². The van der Waals surface area contributed by atoms with Crippen molar-refractivity contribution in [3.63, 3.8) is 0 Å². The van der Waals surface area contributed by atoms with E-state index in [4.69, 9.17) is 24.1 Å². The number of aryl methyl sites for hydroxylation is 2. The quantitative estimate of drug-likeness (QED) is 0.338. The fraction of sp³-hybridized carbons (Fsp3) is 0.333. The van der Waals surface area contributed by atoms with Crippen LogP contribution in [0.15, 0.2) is 29.1 Å². The molecule has 0 aliphatic heterocycles. The van der Waals surface area contributed by atoms with Gasteiger partial charge in [-0.3, -0.25) is 14.4 Å². The maximum atomic E-state index is 12.8. The van der Waals surface area contributed by atoms with Crippen LogP contribution in [0.1, 0.15) is 24.0 Å². The number of hydrogen-bond donors (Lipinski definition) is 2. The standard InChI is InChI=1S/C24H26N2O8/c1-13-9-15(10-14(2)22(13)34-8-7-33-20(29)6-5-19(27)28)23-25-17-11-16(31-3)12-18(32-4)21(17)24(30)26-23/h9-12H,5-8H2,1-4H3,(H,27,28)(H,25,26,30). The first-order valence-corrected chi connectivity index (χ1v) is 10.5. The molecule has 10 heteroatoms. The smallest absolute Gasteiger partial charge is 0.306 e. The zero-order valence-corrected chi connectivity index (χ0v) is 19.4. The molecule has 2 N–H and O–H groups in total. The molecule has 0 saturated heterocycles. The number of carbonyl (C=O) groups excluding carboxylic acids is 1. The summed E-state index contributed by atoms with van der Waals surface area (Å²) in [6.07, 6.45) is -0.458. The van der Waals surface area contributed by atoms with Crippen molar-refractivity contribution in [3.8, 4) is 28.6 Å². The highest BCUT2D eigenvalue weighted by Crippen LogP contribution is 2.31. The number of aromatic amines is 1. The monoisotopic (exact) mass is 470 g/mol. The summed E-state index contributed by atoms with van der Waals surface area (Å²) in [5.74, 6) is 0.256. The molecule has 0 aliphatic carbocycles. The molecular weight excluding hydrogens is 444 g/mol. The number of carbonyl (C=O) groups is 2. The molecule has 1 heterocycles. The first-order valence-electron chi connectivity index (χ1n) is 10.5. The maximum absolute atomic E-state index is 12.8. The Morgan fingerprint density at radius 3 is 2.32 bits per heavy atom. The Labute approximate surface area is 195 Å². The SMILES string of the molecule is COc1cc(OC)c2c(=O)[nH]c(-c3cc(C)c(OCCOC(=O)CCC(=O)O)c(C)c3)nc2c1. The number of benzene rings is 2. The van der Waals surface area contributed by atoms with Crippen molar-refractivity contribution in [1.82, 2.24) is 9.97 Å². The van der Waals surface area contributed by atoms with Crippen molar-refractivity contribution < 1.29 is 33.6 Å². The van der Waals surface area contributed by atoms with Gasteiger partial charge in [-0.1, -0.05) is 0 Å². The molecule has 0 saturated carbocycles. The van der Waals surface area contributed by atoms with E-state index in [-0.39, 0.29) is 31.6 Å². The number of aliphatic carboxylic acids is 1. The molecule has 0 fully saturated rings. The van der Waals surface area contributed by atoms with Crippen molar-refractivity contribution in [2.75, 3.05) is 27.4 Å². The van der Waals surface area contributed by atoms with Crippen molar-refractivity contribution in [2.45, 2.75) is 26.7 Å². The molecule has 2 aromatic carbocycles. The summed E-state index contributed by atoms with van der Waals surface area (Å²) >= 11 is 0. The van der Waals surface area contributed by atoms with Crippen LogP contribution >= 0.6 is 0 Å². The van der Waals surface area contributed by atoms with Gasteiger partial charge in [0.05, 0.1) is 32.6 Å². The molecule has 0 bridgehead atoms. The molecule has 0 unspecified atom stereocenters. The molecule has 180 valence electrons. The van der Waals surface area contributed by atoms with Crippen LogP contribution in [-0.4, -0.2) is 54.4 Å². The first-order chi connectivity index (χ1) is 16.2. The van der Waals surface area contributed by atoms with E-state index in [0.717, 1.165) is 11.1 Å². The summed E-state index contributed by atoms with van der Waals surface area (Å²) in [4.78, 5) is 42.2. The van der Waals surface area contributed by atoms with Gasteiger partial charge in [-0.05, 0) is 37.1 Å². The van der Waals surface area contributed by atoms with E-state index in [2.05, 4.69) is 9.97 Å². The lowest BCUT2D eigenvalue weighted by molar-refractivity contribution is -0.148. The van der Waals surface area contributed by atoms with E-state index in [1.165, 1.54) is 14.2 Å². The van der Waals surface area contributed by atoms with Gasteiger partial charge in [-0.2, -0.15) is 0 Å². The normalized spacial score (nSPS) is 10.7. The van der Waals surface area contributed by atoms with Crippen LogP contribution in [0, 0.1) is 13.8 Å². The Morgan fingerprint density at radius 1 is 1.00 bits per heavy atom. The minimum absolute atomic E-state index is 0.00228. The van der Waals surface area contributed by atoms with Crippen LogP contribution < -0.4 is 19.8 Å². The average molecular weight is 470 g/mol. The summed E-state index contributed by atoms with van der Waals surface area (Å²) < 4.78 is 21.4. The van der Waals surface area contributed by atoms with Crippen LogP contribution in [0.5, 0.6) is 17.2 Å². The van der Waals surface area contributed by atoms with Crippen LogP contribution in [0.4, 0.5) is 0 Å². The van der Waals surface area contributed by atoms with Gasteiger partial charge >= 0.3 is 11.9 Å². The molecule has 0 atom stereocenters. The summed E-state index contributed by atoms with van der Waals surface area (Å²) in [5, 5.41) is 8.93. The van der Waals surface area contributed by atoms with Gasteiger partial charge in [-0.15, -0.1) is 0 Å². The number of H-pyrrole nitrogens is 1. The van der Waals surface area contributed by atoms with E-state index in [9.17, 15) is 14.4 Å². The van der Waals surface area contributed by atoms with E-state index < -0.39 is 11.9 Å². The van der Waals surface area contributed by atoms with Crippen LogP contribution in [0.3, 0.4) is 0 Å². The third-order valence-electron chi connectivity index (χ3n) is 5.07. The van der Waals surface area contributed by atoms with Gasteiger partial charge in [0.1, 0.15) is 41.7 Å². The number of methoxy groups -OCH3 is 2. The summed E-state index contributed by atoms with van der Waals surface area (Å²) in [5.41, 5.74) is 2.41. The van der Waals surface area contributed by atoms with Crippen molar-refractivity contribution in [2.24, 2.45) is 0 Å². The second kappa shape index (κ2) is 10.7. The topological polar surface area (TPSA) is 137 Å². The molecule has 34 heavy (non-hydrogen) atoms. The van der Waals surface area contributed by atoms with E-state index in [1.54, 1.807) is 12.1 Å². The lowest BCUT2D eigenvalue weighted by Crippen LogP contribution is -2.14. The molecular formula is C24H26N2O8. The molecule has 3 rings (SSSR count). The first kappa shape index (κ1) is 24.6. The van der Waals surface area contributed by atoms with E-state index in [0.29, 0.717) is 39.5 Å². The van der Waals surface area contributed by atoms with Gasteiger partial charge in [0.2, 0.25) is 0 Å². The Balaban J connectivity index is 1.79. The zero-order valence-electron chi connectivity index (χ0n) is 19.4. The molecule has 1 aromatic heterocycles. The summed E-state index contributed by atoms with van der Waals surface area (Å²) in [6.45, 7) is 3.83. The minimum atomic E-state index is -1.06. The number of hydrogen-bond acceptors (Lipinski definition) is 8. The number of ether oxygens (including phenoxy) is 4. The van der Waals surface area contributed by atoms with Crippen LogP contribution in [-0.2, 0) is 14.3 Å². The highest BCUT2D eigenvalue weighted by Gasteiger charge is 2.15. The third-order valence-corrected chi connectivity index (χ3v) is 5.07. The van der Waals surface area contributed by atoms with Gasteiger partial charge in [-0.25, -0.2) is 4.98 Å². The molecule has 0 amide bonds. The zero-order chi connectivity index (χ0) is 24.8. The Hall–Kier alpha value is -4.08. The number of nitrogens with zero attached hydrogens (tertiary/aromatic N) is 1. The number of fused-ring (bicyclic) bond motifs is 1. The largest absolute Gasteiger partial charge is 0.497 e. The fourth-order valence-corrected chi connectivity index (χ4v) is 3.52. The summed E-state index contributed by atoms with van der Waals surface area (Å²) in [7, 11) is 3.00. The number of aromatic nitrogens is 2. The van der Waals surface area contributed by atoms with Gasteiger partial charge in [0, 0.05) is 17.7 Å². The maximum Gasteiger partial charge on any atom is 0.306 e. The third kappa shape index (κ3) is 5.64. The Bertz CT molecular complexity index is 1260. The average Bonchev–Trinajstić information content (AvgIpc) is 2.80. The van der Waals surface area contributed by atoms with Crippen LogP contribution in [0.25, 0.3) is 22.3 Å². The number of nitrogens with one attached hydrogen (secondary N) is 1. The highest BCUT2D eigenvalue weighted by molar-refractivity contribution is 5.87. The van der Waals surface area contributed by atoms with E-state index in [1.807, 2.05) is 26.0 Å². The number of esters is 1. The van der Waals surface area contributed by atoms with Crippen molar-refractivity contribution in [1.29, 1.82) is 0 Å². The highest BCUT2D eigenvalue weighted by atomic mass is 16.6. The summed E-state index contributed by atoms with van der Waals surface area (Å²) in [6, 6.07) is 6.97.